The van der Waals surface area contributed by atoms with Crippen LogP contribution in [0.1, 0.15) is 27.7 Å². The Labute approximate surface area is 184 Å². The summed E-state index contributed by atoms with van der Waals surface area (Å²) in [7, 11) is -11.2. The van der Waals surface area contributed by atoms with Crippen molar-refractivity contribution in [2.45, 2.75) is 80.1 Å². The molecule has 0 saturated carbocycles. The fourth-order valence-corrected chi connectivity index (χ4v) is 26.4. The predicted molar refractivity (Wildman–Crippen MR) is 127 cm³/mol. The van der Waals surface area contributed by atoms with E-state index in [4.69, 9.17) is 34.2 Å². The molecule has 176 valence electrons. The van der Waals surface area contributed by atoms with Gasteiger partial charge in [0.15, 0.2) is 0 Å². The van der Waals surface area contributed by atoms with Gasteiger partial charge in [-0.1, -0.05) is 0 Å². The van der Waals surface area contributed by atoms with Crippen LogP contribution in [0.15, 0.2) is 0 Å². The molecule has 1 saturated heterocycles. The molecule has 0 aromatic heterocycles. The van der Waals surface area contributed by atoms with Crippen LogP contribution in [0.2, 0.25) is 52.4 Å². The van der Waals surface area contributed by atoms with Gasteiger partial charge in [0.25, 0.3) is 0 Å². The molecule has 0 amide bonds. The van der Waals surface area contributed by atoms with E-state index in [0.717, 1.165) is 0 Å². The Morgan fingerprint density at radius 1 is 0.448 bits per heavy atom. The average Bonchev–Trinajstić information content (AvgIpc) is 2.42. The zero-order chi connectivity index (χ0) is 23.0. The highest BCUT2D eigenvalue weighted by Gasteiger charge is 2.50. The van der Waals surface area contributed by atoms with Crippen LogP contribution in [-0.4, -0.2) is 69.7 Å². The first-order chi connectivity index (χ1) is 13.1. The molecule has 0 unspecified atom stereocenters. The summed E-state index contributed by atoms with van der Waals surface area (Å²) in [6, 6.07) is 0. The minimum absolute atomic E-state index is 0.548. The van der Waals surface area contributed by atoms with Gasteiger partial charge in [-0.2, -0.15) is 0 Å². The van der Waals surface area contributed by atoms with E-state index < -0.39 is 43.3 Å². The number of hydrogen-bond acceptors (Lipinski definition) is 8. The Morgan fingerprint density at radius 3 is 0.759 bits per heavy atom. The van der Waals surface area contributed by atoms with Crippen molar-refractivity contribution in [2.24, 2.45) is 0 Å². The fraction of sp³-hybridized carbons (Fsp3) is 1.00. The van der Waals surface area contributed by atoms with Crippen molar-refractivity contribution >= 4 is 43.3 Å². The molecular weight excluding hydrogens is 461 g/mol. The van der Waals surface area contributed by atoms with Crippen LogP contribution < -0.4 is 0 Å². The molecule has 0 aromatic rings. The summed E-state index contributed by atoms with van der Waals surface area (Å²) in [5.41, 5.74) is 0. The summed E-state index contributed by atoms with van der Waals surface area (Å²) in [6.45, 7) is 26.4. The van der Waals surface area contributed by atoms with Crippen molar-refractivity contribution in [1.82, 2.24) is 0 Å². The molecule has 0 aliphatic carbocycles. The Kier molecular flexibility index (Phi) is 12.4. The molecular formula is C16H44O8Si5. The third-order valence-electron chi connectivity index (χ3n) is 3.25. The number of hydrogen-bond donors (Lipinski definition) is 0. The van der Waals surface area contributed by atoms with Gasteiger partial charge in [-0.05, 0) is 80.1 Å². The molecule has 8 nitrogen and oxygen atoms in total. The lowest BCUT2D eigenvalue weighted by atomic mass is 10.9. The van der Waals surface area contributed by atoms with Gasteiger partial charge in [0.05, 0.1) is 0 Å². The summed E-state index contributed by atoms with van der Waals surface area (Å²) in [5.74, 6) is 0. The van der Waals surface area contributed by atoms with E-state index in [-0.39, 0.29) is 0 Å². The maximum Gasteiger partial charge on any atom is 0.679 e. The Balaban J connectivity index is 0.000000555. The van der Waals surface area contributed by atoms with Gasteiger partial charge in [-0.25, -0.2) is 0 Å². The molecule has 0 radical (unpaired) electrons. The monoisotopic (exact) mass is 504 g/mol. The average molecular weight is 505 g/mol. The third kappa shape index (κ3) is 12.4. The standard InChI is InChI=1S/C8H24O4Si4.C8H20O4Si/c1-13(2)9-14(3,4)11-16(7,8)12-15(5,6)10-13;1-5-9-13(10-6-2,11-7-3)12-8-4/h1-8H3;5-8H2,1-4H3. The molecule has 1 aliphatic rings. The summed E-state index contributed by atoms with van der Waals surface area (Å²) in [5, 5.41) is 0. The molecule has 0 aromatic carbocycles. The van der Waals surface area contributed by atoms with Crippen LogP contribution in [0.25, 0.3) is 0 Å². The van der Waals surface area contributed by atoms with Crippen molar-refractivity contribution in [3.05, 3.63) is 0 Å². The minimum Gasteiger partial charge on any atom is -0.416 e. The Bertz CT molecular complexity index is 375. The summed E-state index contributed by atoms with van der Waals surface area (Å²) >= 11 is 0. The zero-order valence-corrected chi connectivity index (χ0v) is 25.6. The largest absolute Gasteiger partial charge is 0.679 e. The predicted octanol–water partition coefficient (Wildman–Crippen LogP) is 4.44. The number of rotatable bonds is 8. The minimum atomic E-state index is -2.80. The Hall–Kier alpha value is 0.764. The second-order valence-corrected chi connectivity index (χ2v) is 24.9. The van der Waals surface area contributed by atoms with Crippen molar-refractivity contribution in [1.29, 1.82) is 0 Å². The van der Waals surface area contributed by atoms with Gasteiger partial charge < -0.3 is 34.2 Å². The highest BCUT2D eigenvalue weighted by molar-refractivity contribution is 6.92. The molecule has 1 fully saturated rings. The van der Waals surface area contributed by atoms with Crippen molar-refractivity contribution < 1.29 is 34.2 Å². The van der Waals surface area contributed by atoms with Crippen LogP contribution in [0, 0.1) is 0 Å². The van der Waals surface area contributed by atoms with Crippen LogP contribution in [0.4, 0.5) is 0 Å². The van der Waals surface area contributed by atoms with Gasteiger partial charge in [0.2, 0.25) is 0 Å². The molecule has 1 heterocycles. The molecule has 1 rings (SSSR count). The lowest BCUT2D eigenvalue weighted by molar-refractivity contribution is -0.0247. The molecule has 13 heteroatoms. The summed E-state index contributed by atoms with van der Waals surface area (Å²) in [6.07, 6.45) is 0. The maximum atomic E-state index is 6.16. The van der Waals surface area contributed by atoms with E-state index in [1.54, 1.807) is 0 Å². The lowest BCUT2D eigenvalue weighted by Gasteiger charge is -2.46. The zero-order valence-electron chi connectivity index (χ0n) is 20.6. The van der Waals surface area contributed by atoms with Crippen LogP contribution in [-0.2, 0) is 34.2 Å². The van der Waals surface area contributed by atoms with Gasteiger partial charge in [0, 0.05) is 26.4 Å². The molecule has 1 aliphatic heterocycles. The first-order valence-electron chi connectivity index (χ1n) is 10.4. The van der Waals surface area contributed by atoms with Crippen molar-refractivity contribution in [3.8, 4) is 0 Å². The topological polar surface area (TPSA) is 73.8 Å². The molecule has 0 spiro atoms. The maximum absolute atomic E-state index is 6.16. The van der Waals surface area contributed by atoms with Crippen LogP contribution in [0.3, 0.4) is 0 Å². The Morgan fingerprint density at radius 2 is 0.621 bits per heavy atom. The normalized spacial score (nSPS) is 22.8. The van der Waals surface area contributed by atoms with E-state index in [2.05, 4.69) is 52.4 Å². The first kappa shape index (κ1) is 29.8. The molecule has 0 atom stereocenters. The second kappa shape index (κ2) is 12.1. The van der Waals surface area contributed by atoms with E-state index in [1.165, 1.54) is 0 Å². The second-order valence-electron chi connectivity index (χ2n) is 8.24. The highest BCUT2D eigenvalue weighted by Crippen LogP contribution is 2.30. The molecule has 0 bridgehead atoms. The highest BCUT2D eigenvalue weighted by atomic mass is 28.5. The summed E-state index contributed by atoms with van der Waals surface area (Å²) < 4.78 is 46.3. The summed E-state index contributed by atoms with van der Waals surface area (Å²) in [4.78, 5) is 0. The van der Waals surface area contributed by atoms with Crippen molar-refractivity contribution in [3.63, 3.8) is 0 Å². The van der Waals surface area contributed by atoms with E-state index in [9.17, 15) is 0 Å². The lowest BCUT2D eigenvalue weighted by Crippen LogP contribution is -2.64. The van der Waals surface area contributed by atoms with E-state index in [0.29, 0.717) is 26.4 Å². The quantitative estimate of drug-likeness (QED) is 0.449. The molecule has 29 heavy (non-hydrogen) atoms. The first-order valence-corrected chi connectivity index (χ1v) is 23.3. The van der Waals surface area contributed by atoms with Gasteiger partial charge in [-0.3, -0.25) is 0 Å². The van der Waals surface area contributed by atoms with Gasteiger partial charge in [-0.15, -0.1) is 0 Å². The SMILES string of the molecule is CCO[Si](OCC)(OCC)OCC.C[Si]1(C)O[Si](C)(C)O[Si](C)(C)O[Si](C)(C)O1. The third-order valence-corrected chi connectivity index (χ3v) is 21.6. The van der Waals surface area contributed by atoms with E-state index >= 15 is 0 Å². The van der Waals surface area contributed by atoms with Gasteiger partial charge >= 0.3 is 43.3 Å². The van der Waals surface area contributed by atoms with E-state index in [1.807, 2.05) is 27.7 Å². The van der Waals surface area contributed by atoms with Crippen molar-refractivity contribution in [2.75, 3.05) is 26.4 Å². The molecule has 0 N–H and O–H groups in total. The smallest absolute Gasteiger partial charge is 0.416 e. The van der Waals surface area contributed by atoms with Crippen LogP contribution in [0.5, 0.6) is 0 Å². The van der Waals surface area contributed by atoms with Gasteiger partial charge in [0.1, 0.15) is 0 Å². The van der Waals surface area contributed by atoms with Crippen LogP contribution >= 0.6 is 0 Å². The fourth-order valence-electron chi connectivity index (χ4n) is 3.41.